The minimum atomic E-state index is -0.578. The first-order valence-electron chi connectivity index (χ1n) is 7.44. The van der Waals surface area contributed by atoms with E-state index in [-0.39, 0.29) is 11.5 Å². The minimum Gasteiger partial charge on any atom is -0.320 e. The molecule has 0 saturated carbocycles. The second-order valence-electron chi connectivity index (χ2n) is 5.47. The zero-order chi connectivity index (χ0) is 13.9. The van der Waals surface area contributed by atoms with Crippen molar-refractivity contribution in [3.8, 4) is 0 Å². The number of rotatable bonds is 12. The monoisotopic (exact) mass is 258 g/mol. The Labute approximate surface area is 111 Å². The van der Waals surface area contributed by atoms with Crippen molar-refractivity contribution >= 4 is 0 Å². The summed E-state index contributed by atoms with van der Waals surface area (Å²) >= 11 is 0. The van der Waals surface area contributed by atoms with Crippen molar-refractivity contribution < 1.29 is 4.92 Å². The maximum atomic E-state index is 10.7. The van der Waals surface area contributed by atoms with E-state index < -0.39 is 5.54 Å². The molecule has 0 heterocycles. The van der Waals surface area contributed by atoms with Gasteiger partial charge in [-0.2, -0.15) is 0 Å². The van der Waals surface area contributed by atoms with Crippen LogP contribution in [0.15, 0.2) is 0 Å². The molecule has 0 spiro atoms. The molecule has 0 amide bonds. The minimum absolute atomic E-state index is 0.0781. The Morgan fingerprint density at radius 2 is 1.39 bits per heavy atom. The topological polar surface area (TPSA) is 69.2 Å². The van der Waals surface area contributed by atoms with Gasteiger partial charge in [-0.3, -0.25) is 10.1 Å². The van der Waals surface area contributed by atoms with Crippen molar-refractivity contribution in [1.82, 2.24) is 0 Å². The summed E-state index contributed by atoms with van der Waals surface area (Å²) in [6, 6.07) is 0. The lowest BCUT2D eigenvalue weighted by atomic mass is 9.87. The van der Waals surface area contributed by atoms with E-state index in [9.17, 15) is 10.1 Å². The van der Waals surface area contributed by atoms with E-state index >= 15 is 0 Å². The molecule has 0 bridgehead atoms. The van der Waals surface area contributed by atoms with Crippen LogP contribution in [0.5, 0.6) is 0 Å². The fourth-order valence-electron chi connectivity index (χ4n) is 2.35. The van der Waals surface area contributed by atoms with E-state index in [4.69, 9.17) is 5.73 Å². The number of nitro groups is 1. The SMILES string of the molecule is CCCCCCC(N)(CCCCCC)C[N+](=O)[O-]. The van der Waals surface area contributed by atoms with Gasteiger partial charge in [-0.1, -0.05) is 65.2 Å². The number of unbranched alkanes of at least 4 members (excludes halogenated alkanes) is 6. The van der Waals surface area contributed by atoms with Crippen molar-refractivity contribution in [1.29, 1.82) is 0 Å². The zero-order valence-corrected chi connectivity index (χ0v) is 12.1. The molecule has 0 saturated heterocycles. The third-order valence-corrected chi connectivity index (χ3v) is 3.50. The smallest absolute Gasteiger partial charge is 0.221 e. The standard InChI is InChI=1S/C14H30N2O2/c1-3-5-7-9-11-14(15,13-16(17)18)12-10-8-6-4-2/h3-13,15H2,1-2H3. The summed E-state index contributed by atoms with van der Waals surface area (Å²) in [6.45, 7) is 4.25. The maximum Gasteiger partial charge on any atom is 0.221 e. The van der Waals surface area contributed by atoms with Crippen LogP contribution in [0.1, 0.15) is 78.1 Å². The van der Waals surface area contributed by atoms with E-state index in [2.05, 4.69) is 13.8 Å². The molecular weight excluding hydrogens is 228 g/mol. The Kier molecular flexibility index (Phi) is 9.93. The van der Waals surface area contributed by atoms with E-state index in [0.29, 0.717) is 0 Å². The Hall–Kier alpha value is -0.640. The molecule has 18 heavy (non-hydrogen) atoms. The average Bonchev–Trinajstić information content (AvgIpc) is 2.30. The number of hydrogen-bond acceptors (Lipinski definition) is 3. The molecule has 0 fully saturated rings. The van der Waals surface area contributed by atoms with Crippen molar-refractivity contribution in [2.24, 2.45) is 5.73 Å². The van der Waals surface area contributed by atoms with Gasteiger partial charge in [-0.15, -0.1) is 0 Å². The summed E-state index contributed by atoms with van der Waals surface area (Å²) in [5.41, 5.74) is 5.64. The van der Waals surface area contributed by atoms with Gasteiger partial charge in [0.05, 0.1) is 5.54 Å². The highest BCUT2D eigenvalue weighted by Gasteiger charge is 2.29. The highest BCUT2D eigenvalue weighted by atomic mass is 16.6. The van der Waals surface area contributed by atoms with Gasteiger partial charge < -0.3 is 5.73 Å². The second kappa shape index (κ2) is 10.3. The summed E-state index contributed by atoms with van der Waals surface area (Å²) in [4.78, 5) is 10.5. The fraction of sp³-hybridized carbons (Fsp3) is 1.00. The summed E-state index contributed by atoms with van der Waals surface area (Å²) in [7, 11) is 0. The highest BCUT2D eigenvalue weighted by Crippen LogP contribution is 2.21. The molecule has 0 aliphatic heterocycles. The molecule has 0 aliphatic rings. The lowest BCUT2D eigenvalue weighted by molar-refractivity contribution is -0.490. The zero-order valence-electron chi connectivity index (χ0n) is 12.1. The van der Waals surface area contributed by atoms with Crippen molar-refractivity contribution in [3.63, 3.8) is 0 Å². The van der Waals surface area contributed by atoms with Crippen LogP contribution in [0, 0.1) is 10.1 Å². The van der Waals surface area contributed by atoms with Gasteiger partial charge >= 0.3 is 0 Å². The van der Waals surface area contributed by atoms with Crippen LogP contribution in [0.2, 0.25) is 0 Å². The third kappa shape index (κ3) is 9.40. The van der Waals surface area contributed by atoms with Crippen LogP contribution in [-0.2, 0) is 0 Å². The molecule has 0 rings (SSSR count). The van der Waals surface area contributed by atoms with Crippen LogP contribution in [0.4, 0.5) is 0 Å². The molecule has 2 N–H and O–H groups in total. The first kappa shape index (κ1) is 17.4. The van der Waals surface area contributed by atoms with Crippen LogP contribution in [-0.4, -0.2) is 17.0 Å². The lowest BCUT2D eigenvalue weighted by Crippen LogP contribution is -2.46. The van der Waals surface area contributed by atoms with E-state index in [1.165, 1.54) is 25.7 Å². The summed E-state index contributed by atoms with van der Waals surface area (Å²) in [5.74, 6) is 0. The number of nitrogens with two attached hydrogens (primary N) is 1. The Morgan fingerprint density at radius 1 is 0.944 bits per heavy atom. The van der Waals surface area contributed by atoms with Crippen molar-refractivity contribution in [2.75, 3.05) is 6.54 Å². The molecular formula is C14H30N2O2. The van der Waals surface area contributed by atoms with E-state index in [0.717, 1.165) is 38.5 Å². The first-order chi connectivity index (χ1) is 8.54. The molecule has 0 aromatic rings. The van der Waals surface area contributed by atoms with Gasteiger partial charge in [0.15, 0.2) is 0 Å². The van der Waals surface area contributed by atoms with Gasteiger partial charge in [0, 0.05) is 4.92 Å². The van der Waals surface area contributed by atoms with E-state index in [1.54, 1.807) is 0 Å². The van der Waals surface area contributed by atoms with Crippen LogP contribution >= 0.6 is 0 Å². The van der Waals surface area contributed by atoms with Crippen LogP contribution < -0.4 is 5.73 Å². The summed E-state index contributed by atoms with van der Waals surface area (Å²) in [5, 5.41) is 10.7. The molecule has 0 aromatic carbocycles. The average molecular weight is 258 g/mol. The lowest BCUT2D eigenvalue weighted by Gasteiger charge is -2.25. The quantitative estimate of drug-likeness (QED) is 0.328. The molecule has 108 valence electrons. The first-order valence-corrected chi connectivity index (χ1v) is 7.44. The normalized spacial score (nSPS) is 11.7. The predicted octanol–water partition coefficient (Wildman–Crippen LogP) is 3.90. The van der Waals surface area contributed by atoms with Gasteiger partial charge in [0.2, 0.25) is 6.54 Å². The molecule has 0 aliphatic carbocycles. The van der Waals surface area contributed by atoms with Crippen LogP contribution in [0.3, 0.4) is 0 Å². The molecule has 0 unspecified atom stereocenters. The maximum absolute atomic E-state index is 10.7. The van der Waals surface area contributed by atoms with Crippen LogP contribution in [0.25, 0.3) is 0 Å². The van der Waals surface area contributed by atoms with Crippen molar-refractivity contribution in [2.45, 2.75) is 83.6 Å². The fourth-order valence-corrected chi connectivity index (χ4v) is 2.35. The van der Waals surface area contributed by atoms with Gasteiger partial charge in [-0.25, -0.2) is 0 Å². The van der Waals surface area contributed by atoms with Crippen molar-refractivity contribution in [3.05, 3.63) is 10.1 Å². The summed E-state index contributed by atoms with van der Waals surface area (Å²) < 4.78 is 0. The van der Waals surface area contributed by atoms with Gasteiger partial charge in [-0.05, 0) is 12.8 Å². The van der Waals surface area contributed by atoms with Gasteiger partial charge in [0.1, 0.15) is 0 Å². The number of nitrogens with zero attached hydrogens (tertiary/aromatic N) is 1. The van der Waals surface area contributed by atoms with Gasteiger partial charge in [0.25, 0.3) is 0 Å². The molecule has 0 radical (unpaired) electrons. The Balaban J connectivity index is 4.03. The second-order valence-corrected chi connectivity index (χ2v) is 5.47. The Morgan fingerprint density at radius 3 is 1.72 bits per heavy atom. The highest BCUT2D eigenvalue weighted by molar-refractivity contribution is 4.83. The van der Waals surface area contributed by atoms with E-state index in [1.807, 2.05) is 0 Å². The largest absolute Gasteiger partial charge is 0.320 e. The predicted molar refractivity (Wildman–Crippen MR) is 76.3 cm³/mol. The Bertz CT molecular complexity index is 208. The number of hydrogen-bond donors (Lipinski definition) is 1. The summed E-state index contributed by atoms with van der Waals surface area (Å²) in [6.07, 6.45) is 10.7. The molecule has 4 nitrogen and oxygen atoms in total. The third-order valence-electron chi connectivity index (χ3n) is 3.50. The molecule has 0 aromatic heterocycles. The molecule has 0 atom stereocenters. The molecule has 4 heteroatoms.